The third kappa shape index (κ3) is 7.56. The molecule has 1 aromatic heterocycles. The lowest BCUT2D eigenvalue weighted by atomic mass is 9.95. The Hall–Kier alpha value is -4.61. The van der Waals surface area contributed by atoms with Gasteiger partial charge in [-0.25, -0.2) is 4.79 Å². The number of aliphatic carboxylic acids is 1. The molecular formula is C30H31F3N4O5. The highest BCUT2D eigenvalue weighted by Gasteiger charge is 2.38. The third-order valence-electron chi connectivity index (χ3n) is 7.22. The number of aromatic nitrogens is 1. The first kappa shape index (κ1) is 30.4. The van der Waals surface area contributed by atoms with Gasteiger partial charge in [-0.05, 0) is 66.8 Å². The van der Waals surface area contributed by atoms with Crippen molar-refractivity contribution in [2.24, 2.45) is 5.92 Å². The van der Waals surface area contributed by atoms with E-state index in [1.165, 1.54) is 5.69 Å². The summed E-state index contributed by atoms with van der Waals surface area (Å²) >= 11 is 0. The highest BCUT2D eigenvalue weighted by Crippen LogP contribution is 2.30. The van der Waals surface area contributed by atoms with E-state index in [-0.39, 0.29) is 18.4 Å². The summed E-state index contributed by atoms with van der Waals surface area (Å²) in [6.07, 6.45) is 0.603. The number of carboxylic acids is 1. The highest BCUT2D eigenvalue weighted by atomic mass is 19.4. The van der Waals surface area contributed by atoms with Gasteiger partial charge in [0.2, 0.25) is 5.91 Å². The maximum absolute atomic E-state index is 13.5. The van der Waals surface area contributed by atoms with Gasteiger partial charge in [0.25, 0.3) is 5.91 Å². The third-order valence-corrected chi connectivity index (χ3v) is 7.22. The minimum Gasteiger partial charge on any atom is -0.497 e. The van der Waals surface area contributed by atoms with Crippen LogP contribution < -0.4 is 14.5 Å². The molecule has 0 unspecified atom stereocenters. The summed E-state index contributed by atoms with van der Waals surface area (Å²) in [7, 11) is 1.60. The van der Waals surface area contributed by atoms with Gasteiger partial charge in [-0.1, -0.05) is 18.2 Å². The van der Waals surface area contributed by atoms with Gasteiger partial charge in [-0.3, -0.25) is 14.6 Å². The minimum absolute atomic E-state index is 0.0339. The zero-order chi connectivity index (χ0) is 30.3. The van der Waals surface area contributed by atoms with Crippen LogP contribution >= 0.6 is 0 Å². The second-order valence-electron chi connectivity index (χ2n) is 9.96. The number of fused-ring (bicyclic) bond motifs is 1. The molecule has 3 heterocycles. The van der Waals surface area contributed by atoms with E-state index in [9.17, 15) is 22.8 Å². The van der Waals surface area contributed by atoms with Crippen LogP contribution in [0, 0.1) is 5.92 Å². The molecule has 1 N–H and O–H groups in total. The molecule has 12 heteroatoms. The summed E-state index contributed by atoms with van der Waals surface area (Å²) in [4.78, 5) is 45.7. The van der Waals surface area contributed by atoms with Crippen molar-refractivity contribution in [3.8, 4) is 5.75 Å². The number of halogens is 3. The lowest BCUT2D eigenvalue weighted by Gasteiger charge is -2.36. The number of anilines is 2. The largest absolute Gasteiger partial charge is 0.497 e. The second kappa shape index (κ2) is 13.4. The van der Waals surface area contributed by atoms with E-state index in [1.807, 2.05) is 53.7 Å². The van der Waals surface area contributed by atoms with Gasteiger partial charge in [0, 0.05) is 55.5 Å². The van der Waals surface area contributed by atoms with Crippen molar-refractivity contribution in [2.75, 3.05) is 43.1 Å². The number of alkyl halides is 3. The SMILES string of the molecule is COc1ccc(C(=O)N2CC(=O)N(CC3CCN(c4ccncc4)CC3)c3ccccc3C2)cc1.O=C(O)C(F)(F)F. The van der Waals surface area contributed by atoms with E-state index in [2.05, 4.69) is 9.88 Å². The van der Waals surface area contributed by atoms with Crippen LogP contribution in [0.1, 0.15) is 28.8 Å². The second-order valence-corrected chi connectivity index (χ2v) is 9.96. The molecule has 9 nitrogen and oxygen atoms in total. The molecular weight excluding hydrogens is 553 g/mol. The number of amides is 2. The van der Waals surface area contributed by atoms with Crippen molar-refractivity contribution in [1.29, 1.82) is 0 Å². The zero-order valence-corrected chi connectivity index (χ0v) is 23.0. The predicted molar refractivity (Wildman–Crippen MR) is 149 cm³/mol. The molecule has 3 aromatic rings. The van der Waals surface area contributed by atoms with E-state index in [0.717, 1.165) is 37.2 Å². The molecule has 1 saturated heterocycles. The van der Waals surface area contributed by atoms with Gasteiger partial charge >= 0.3 is 12.1 Å². The Morgan fingerprint density at radius 1 is 0.976 bits per heavy atom. The normalized spacial score (nSPS) is 15.7. The first-order chi connectivity index (χ1) is 20.1. The molecule has 222 valence electrons. The predicted octanol–water partition coefficient (Wildman–Crippen LogP) is 4.63. The number of carbonyl (C=O) groups is 3. The lowest BCUT2D eigenvalue weighted by molar-refractivity contribution is -0.192. The zero-order valence-electron chi connectivity index (χ0n) is 23.0. The van der Waals surface area contributed by atoms with Crippen molar-refractivity contribution in [1.82, 2.24) is 9.88 Å². The van der Waals surface area contributed by atoms with Crippen molar-refractivity contribution < 1.29 is 37.4 Å². The number of nitrogens with zero attached hydrogens (tertiary/aromatic N) is 4. The quantitative estimate of drug-likeness (QED) is 0.467. The summed E-state index contributed by atoms with van der Waals surface area (Å²) in [6.45, 7) is 3.06. The van der Waals surface area contributed by atoms with Crippen molar-refractivity contribution in [3.63, 3.8) is 0 Å². The number of ether oxygens (including phenoxy) is 1. The minimum atomic E-state index is -5.08. The fraction of sp³-hybridized carbons (Fsp3) is 0.333. The fourth-order valence-corrected chi connectivity index (χ4v) is 5.00. The van der Waals surface area contributed by atoms with E-state index < -0.39 is 12.1 Å². The van der Waals surface area contributed by atoms with Crippen LogP contribution in [0.25, 0.3) is 0 Å². The topological polar surface area (TPSA) is 103 Å². The molecule has 2 aliphatic rings. The average molecular weight is 585 g/mol. The van der Waals surface area contributed by atoms with Crippen LogP contribution in [0.5, 0.6) is 5.75 Å². The van der Waals surface area contributed by atoms with Gasteiger partial charge < -0.3 is 24.5 Å². The van der Waals surface area contributed by atoms with Gasteiger partial charge in [0.15, 0.2) is 0 Å². The van der Waals surface area contributed by atoms with Gasteiger partial charge in [-0.2, -0.15) is 13.2 Å². The number of methoxy groups -OCH3 is 1. The Bertz CT molecular complexity index is 1380. The summed E-state index contributed by atoms with van der Waals surface area (Å²) in [5.41, 5.74) is 3.66. The first-order valence-electron chi connectivity index (χ1n) is 13.3. The lowest BCUT2D eigenvalue weighted by Crippen LogP contribution is -2.44. The molecule has 0 aliphatic carbocycles. The van der Waals surface area contributed by atoms with Crippen LogP contribution in [0.4, 0.5) is 24.5 Å². The number of carboxylic acid groups (broad SMARTS) is 1. The standard InChI is InChI=1S/C28H30N4O3.C2HF3O2/c1-35-25-8-6-22(7-9-25)28(34)31-19-23-4-2-3-5-26(23)32(27(33)20-31)18-21-12-16-30(17-13-21)24-10-14-29-15-11-24;3-2(4,5)1(6)7/h2-11,14-15,21H,12-13,16-20H2,1H3;(H,6,7). The number of rotatable bonds is 5. The summed E-state index contributed by atoms with van der Waals surface area (Å²) < 4.78 is 36.9. The summed E-state index contributed by atoms with van der Waals surface area (Å²) in [5.74, 6) is -1.84. The maximum Gasteiger partial charge on any atom is 0.490 e. The van der Waals surface area contributed by atoms with Gasteiger partial charge in [-0.15, -0.1) is 0 Å². The number of pyridine rings is 1. The van der Waals surface area contributed by atoms with E-state index >= 15 is 0 Å². The average Bonchev–Trinajstić information content (AvgIpc) is 3.13. The monoisotopic (exact) mass is 584 g/mol. The molecule has 0 bridgehead atoms. The fourth-order valence-electron chi connectivity index (χ4n) is 5.00. The smallest absolute Gasteiger partial charge is 0.490 e. The van der Waals surface area contributed by atoms with Crippen LogP contribution in [0.15, 0.2) is 73.1 Å². The molecule has 2 aliphatic heterocycles. The highest BCUT2D eigenvalue weighted by molar-refractivity contribution is 6.02. The van der Waals surface area contributed by atoms with Crippen molar-refractivity contribution in [2.45, 2.75) is 25.6 Å². The molecule has 42 heavy (non-hydrogen) atoms. The number of hydrogen-bond donors (Lipinski definition) is 1. The van der Waals surface area contributed by atoms with Crippen LogP contribution in [0.3, 0.4) is 0 Å². The molecule has 0 radical (unpaired) electrons. The van der Waals surface area contributed by atoms with Gasteiger partial charge in [0.05, 0.1) is 7.11 Å². The molecule has 2 aromatic carbocycles. The Labute approximate surface area is 241 Å². The van der Waals surface area contributed by atoms with E-state index in [4.69, 9.17) is 14.6 Å². The Balaban J connectivity index is 0.000000517. The van der Waals surface area contributed by atoms with Crippen molar-refractivity contribution in [3.05, 3.63) is 84.2 Å². The summed E-state index contributed by atoms with van der Waals surface area (Å²) in [5, 5.41) is 7.12. The molecule has 0 atom stereocenters. The van der Waals surface area contributed by atoms with E-state index in [0.29, 0.717) is 30.3 Å². The number of para-hydroxylation sites is 1. The molecule has 0 spiro atoms. The van der Waals surface area contributed by atoms with Crippen LogP contribution in [-0.2, 0) is 16.1 Å². The van der Waals surface area contributed by atoms with E-state index in [1.54, 1.807) is 36.3 Å². The number of benzene rings is 2. The van der Waals surface area contributed by atoms with Crippen LogP contribution in [-0.4, -0.2) is 72.2 Å². The van der Waals surface area contributed by atoms with Gasteiger partial charge in [0.1, 0.15) is 12.3 Å². The van der Waals surface area contributed by atoms with Crippen LogP contribution in [0.2, 0.25) is 0 Å². The molecule has 5 rings (SSSR count). The number of piperidine rings is 1. The van der Waals surface area contributed by atoms with Crippen molar-refractivity contribution >= 4 is 29.2 Å². The Morgan fingerprint density at radius 2 is 1.60 bits per heavy atom. The number of hydrogen-bond acceptors (Lipinski definition) is 6. The molecule has 1 fully saturated rings. The first-order valence-corrected chi connectivity index (χ1v) is 13.3. The number of carbonyl (C=O) groups excluding carboxylic acids is 2. The molecule has 2 amide bonds. The summed E-state index contributed by atoms with van der Waals surface area (Å²) in [6, 6.07) is 19.1. The Kier molecular flexibility index (Phi) is 9.66. The Morgan fingerprint density at radius 3 is 2.19 bits per heavy atom. The molecule has 0 saturated carbocycles. The maximum atomic E-state index is 13.5.